The van der Waals surface area contributed by atoms with Crippen molar-refractivity contribution in [3.63, 3.8) is 0 Å². The monoisotopic (exact) mass is 276 g/mol. The predicted molar refractivity (Wildman–Crippen MR) is 83.5 cm³/mol. The highest BCUT2D eigenvalue weighted by Gasteiger charge is 2.13. The molecule has 2 N–H and O–H groups in total. The summed E-state index contributed by atoms with van der Waals surface area (Å²) in [7, 11) is -1.75. The van der Waals surface area contributed by atoms with Gasteiger partial charge in [-0.3, -0.25) is 0 Å². The first-order valence-corrected chi connectivity index (χ1v) is 7.49. The molecule has 4 heteroatoms. The van der Waals surface area contributed by atoms with E-state index in [1.54, 1.807) is 6.07 Å². The molecule has 0 aliphatic carbocycles. The number of aryl methyl sites for hydroxylation is 1. The Morgan fingerprint density at radius 1 is 1.05 bits per heavy atom. The molecule has 0 aliphatic heterocycles. The van der Waals surface area contributed by atoms with Crippen LogP contribution in [0, 0.1) is 0 Å². The van der Waals surface area contributed by atoms with Crippen molar-refractivity contribution in [2.75, 3.05) is 0 Å². The molecular weight excluding hydrogens is 251 g/mol. The lowest BCUT2D eigenvalue weighted by atomic mass is 10.0. The molecule has 0 aliphatic rings. The Bertz CT molecular complexity index is 391. The van der Waals surface area contributed by atoms with Crippen LogP contribution in [0.5, 0.6) is 5.75 Å². The van der Waals surface area contributed by atoms with Gasteiger partial charge < -0.3 is 14.7 Å². The Labute approximate surface area is 122 Å². The zero-order valence-electron chi connectivity index (χ0n) is 12.3. The second-order valence-corrected chi connectivity index (χ2v) is 4.91. The van der Waals surface area contributed by atoms with Crippen LogP contribution in [0.3, 0.4) is 0 Å². The summed E-state index contributed by atoms with van der Waals surface area (Å²) < 4.78 is 4.96. The van der Waals surface area contributed by atoms with E-state index in [2.05, 4.69) is 19.1 Å². The van der Waals surface area contributed by atoms with Gasteiger partial charge in [0, 0.05) is 0 Å². The quantitative estimate of drug-likeness (QED) is 0.390. The zero-order chi connectivity index (χ0) is 14.6. The van der Waals surface area contributed by atoms with Crippen LogP contribution >= 0.6 is 0 Å². The van der Waals surface area contributed by atoms with Gasteiger partial charge in [0.05, 0.1) is 0 Å². The smallest absolute Gasteiger partial charge is 0.512 e. The molecule has 0 radical (unpaired) electrons. The normalized spacial score (nSPS) is 10.9. The lowest BCUT2D eigenvalue weighted by Gasteiger charge is -2.10. The molecule has 110 valence electrons. The van der Waals surface area contributed by atoms with Crippen LogP contribution in [0.25, 0.3) is 0 Å². The van der Waals surface area contributed by atoms with Gasteiger partial charge in [0.25, 0.3) is 0 Å². The number of para-hydroxylation sites is 1. The average Bonchev–Trinajstić information content (AvgIpc) is 2.43. The fraction of sp³-hybridized carbons (Fsp3) is 0.500. The van der Waals surface area contributed by atoms with Crippen molar-refractivity contribution in [2.24, 2.45) is 0 Å². The molecule has 0 amide bonds. The largest absolute Gasteiger partial charge is 0.707 e. The van der Waals surface area contributed by atoms with Gasteiger partial charge in [0.1, 0.15) is 5.75 Å². The summed E-state index contributed by atoms with van der Waals surface area (Å²) in [6.07, 6.45) is 12.4. The van der Waals surface area contributed by atoms with E-state index in [0.717, 1.165) is 31.2 Å². The maximum atomic E-state index is 8.87. The first kappa shape index (κ1) is 16.8. The summed E-state index contributed by atoms with van der Waals surface area (Å²) in [5, 5.41) is 17.7. The molecule has 0 saturated heterocycles. The highest BCUT2D eigenvalue weighted by atomic mass is 16.6. The second kappa shape index (κ2) is 10.5. The Morgan fingerprint density at radius 2 is 1.75 bits per heavy atom. The summed E-state index contributed by atoms with van der Waals surface area (Å²) in [6, 6.07) is 7.50. The Morgan fingerprint density at radius 3 is 2.45 bits per heavy atom. The minimum absolute atomic E-state index is 0.556. The van der Waals surface area contributed by atoms with E-state index in [0.29, 0.717) is 5.75 Å². The van der Waals surface area contributed by atoms with Gasteiger partial charge in [-0.25, -0.2) is 0 Å². The van der Waals surface area contributed by atoms with Crippen LogP contribution in [0.4, 0.5) is 0 Å². The maximum absolute atomic E-state index is 8.87. The Balaban J connectivity index is 2.26. The summed E-state index contributed by atoms with van der Waals surface area (Å²) in [5.74, 6) is 0.556. The first-order chi connectivity index (χ1) is 9.74. The second-order valence-electron chi connectivity index (χ2n) is 4.91. The van der Waals surface area contributed by atoms with Crippen LogP contribution in [-0.2, 0) is 6.42 Å². The highest BCUT2D eigenvalue weighted by Crippen LogP contribution is 2.20. The van der Waals surface area contributed by atoms with E-state index in [-0.39, 0.29) is 0 Å². The van der Waals surface area contributed by atoms with Gasteiger partial charge >= 0.3 is 7.32 Å². The minimum Gasteiger partial charge on any atom is -0.512 e. The van der Waals surface area contributed by atoms with Crippen LogP contribution in [0.2, 0.25) is 0 Å². The van der Waals surface area contributed by atoms with Crippen LogP contribution in [-0.4, -0.2) is 17.4 Å². The molecule has 20 heavy (non-hydrogen) atoms. The maximum Gasteiger partial charge on any atom is 0.707 e. The van der Waals surface area contributed by atoms with E-state index >= 15 is 0 Å². The van der Waals surface area contributed by atoms with E-state index in [1.165, 1.54) is 19.3 Å². The number of unbranched alkanes of at least 4 members (excludes halogenated alkanes) is 4. The van der Waals surface area contributed by atoms with Crippen molar-refractivity contribution in [3.05, 3.63) is 42.0 Å². The van der Waals surface area contributed by atoms with E-state index in [9.17, 15) is 0 Å². The molecule has 3 nitrogen and oxygen atoms in total. The average molecular weight is 276 g/mol. The van der Waals surface area contributed by atoms with Crippen molar-refractivity contribution in [1.82, 2.24) is 0 Å². The van der Waals surface area contributed by atoms with Gasteiger partial charge in [-0.2, -0.15) is 0 Å². The number of hydrogen-bond acceptors (Lipinski definition) is 3. The predicted octanol–water partition coefficient (Wildman–Crippen LogP) is 3.49. The number of allylic oxidation sites excluding steroid dienone is 2. The fourth-order valence-corrected chi connectivity index (χ4v) is 2.07. The lowest BCUT2D eigenvalue weighted by Crippen LogP contribution is -2.21. The lowest BCUT2D eigenvalue weighted by molar-refractivity contribution is 0.287. The Kier molecular flexibility index (Phi) is 8.84. The summed E-state index contributed by atoms with van der Waals surface area (Å²) in [6.45, 7) is 2.21. The fourth-order valence-electron chi connectivity index (χ4n) is 2.07. The molecule has 0 spiro atoms. The van der Waals surface area contributed by atoms with Gasteiger partial charge in [0.15, 0.2) is 0 Å². The summed E-state index contributed by atoms with van der Waals surface area (Å²) in [4.78, 5) is 0. The van der Waals surface area contributed by atoms with Crippen molar-refractivity contribution in [3.8, 4) is 5.75 Å². The van der Waals surface area contributed by atoms with Gasteiger partial charge in [-0.05, 0) is 43.7 Å². The van der Waals surface area contributed by atoms with Crippen LogP contribution < -0.4 is 4.65 Å². The summed E-state index contributed by atoms with van der Waals surface area (Å²) >= 11 is 0. The van der Waals surface area contributed by atoms with E-state index < -0.39 is 7.32 Å². The third-order valence-electron chi connectivity index (χ3n) is 3.16. The molecule has 0 atom stereocenters. The van der Waals surface area contributed by atoms with Gasteiger partial charge in [-0.1, -0.05) is 50.1 Å². The van der Waals surface area contributed by atoms with E-state index in [4.69, 9.17) is 14.7 Å². The van der Waals surface area contributed by atoms with Crippen molar-refractivity contribution in [2.45, 2.75) is 51.9 Å². The third kappa shape index (κ3) is 7.36. The molecule has 0 fully saturated rings. The number of hydrogen-bond donors (Lipinski definition) is 2. The van der Waals surface area contributed by atoms with Crippen LogP contribution in [0.1, 0.15) is 51.0 Å². The molecule has 0 bridgehead atoms. The van der Waals surface area contributed by atoms with E-state index in [1.807, 2.05) is 18.2 Å². The highest BCUT2D eigenvalue weighted by molar-refractivity contribution is 6.33. The van der Waals surface area contributed by atoms with Crippen molar-refractivity contribution in [1.29, 1.82) is 0 Å². The number of benzene rings is 1. The SMILES string of the molecule is CCCCC=CCCCCc1ccccc1OB(O)O. The molecule has 1 rings (SSSR count). The molecule has 1 aromatic carbocycles. The molecule has 0 saturated carbocycles. The van der Waals surface area contributed by atoms with Crippen molar-refractivity contribution < 1.29 is 14.7 Å². The molecular formula is C16H25BO3. The molecule has 1 aromatic rings. The summed E-state index contributed by atoms with van der Waals surface area (Å²) in [5.41, 5.74) is 1.02. The van der Waals surface area contributed by atoms with Gasteiger partial charge in [-0.15, -0.1) is 0 Å². The molecule has 0 unspecified atom stereocenters. The topological polar surface area (TPSA) is 49.7 Å². The number of rotatable bonds is 10. The third-order valence-corrected chi connectivity index (χ3v) is 3.16. The minimum atomic E-state index is -1.75. The first-order valence-electron chi connectivity index (χ1n) is 7.49. The van der Waals surface area contributed by atoms with Crippen molar-refractivity contribution >= 4 is 7.32 Å². The molecule has 0 aromatic heterocycles. The molecule has 0 heterocycles. The zero-order valence-corrected chi connectivity index (χ0v) is 12.3. The van der Waals surface area contributed by atoms with Gasteiger partial charge in [0.2, 0.25) is 0 Å². The standard InChI is InChI=1S/C16H25BO3/c1-2-3-4-5-6-7-8-9-12-15-13-10-11-14-16(15)20-17(18)19/h5-6,10-11,13-14,18-19H,2-4,7-9,12H2,1H3. The van der Waals surface area contributed by atoms with Crippen LogP contribution in [0.15, 0.2) is 36.4 Å². The Hall–Kier alpha value is -1.26.